The van der Waals surface area contributed by atoms with Crippen LogP contribution < -0.4 is 5.73 Å². The fourth-order valence-electron chi connectivity index (χ4n) is 2.87. The molecule has 2 N–H and O–H groups in total. The van der Waals surface area contributed by atoms with Crippen molar-refractivity contribution in [3.05, 3.63) is 34.0 Å². The highest BCUT2D eigenvalue weighted by molar-refractivity contribution is 6.31. The summed E-state index contributed by atoms with van der Waals surface area (Å²) in [6.07, 6.45) is 5.81. The molecule has 94 valence electrons. The second-order valence-electron chi connectivity index (χ2n) is 5.13. The van der Waals surface area contributed by atoms with Gasteiger partial charge in [0.05, 0.1) is 5.52 Å². The van der Waals surface area contributed by atoms with Crippen LogP contribution in [0.4, 0.5) is 5.69 Å². The van der Waals surface area contributed by atoms with Crippen molar-refractivity contribution in [3.63, 3.8) is 0 Å². The van der Waals surface area contributed by atoms with E-state index < -0.39 is 0 Å². The average molecular weight is 261 g/mol. The number of hydrogen-bond acceptors (Lipinski definition) is 2. The second kappa shape index (κ2) is 4.43. The number of anilines is 1. The van der Waals surface area contributed by atoms with Crippen molar-refractivity contribution in [2.24, 2.45) is 0 Å². The van der Waals surface area contributed by atoms with Gasteiger partial charge in [-0.1, -0.05) is 18.0 Å². The molecule has 0 bridgehead atoms. The standard InChI is InChI=1S/C15H17ClN2/c1-9-7-10(16)8-12-14(17)11-5-3-2-4-6-13(11)18-15(9)12/h7-8H,2-6H2,1H3,(H2,17,18). The lowest BCUT2D eigenvalue weighted by molar-refractivity contribution is 0.709. The van der Waals surface area contributed by atoms with Gasteiger partial charge >= 0.3 is 0 Å². The summed E-state index contributed by atoms with van der Waals surface area (Å²) in [6, 6.07) is 3.90. The summed E-state index contributed by atoms with van der Waals surface area (Å²) in [5.41, 5.74) is 11.8. The van der Waals surface area contributed by atoms with Crippen molar-refractivity contribution in [1.82, 2.24) is 4.98 Å². The maximum absolute atomic E-state index is 6.35. The van der Waals surface area contributed by atoms with Crippen LogP contribution in [-0.2, 0) is 12.8 Å². The first-order valence-corrected chi connectivity index (χ1v) is 6.91. The zero-order valence-electron chi connectivity index (χ0n) is 10.6. The van der Waals surface area contributed by atoms with Crippen LogP contribution in [0.1, 0.15) is 36.1 Å². The number of nitrogens with two attached hydrogens (primary N) is 1. The number of nitrogen functional groups attached to an aromatic ring is 1. The van der Waals surface area contributed by atoms with Crippen LogP contribution in [0.2, 0.25) is 5.02 Å². The van der Waals surface area contributed by atoms with Crippen molar-refractivity contribution >= 4 is 28.2 Å². The van der Waals surface area contributed by atoms with Gasteiger partial charge in [0.15, 0.2) is 0 Å². The van der Waals surface area contributed by atoms with E-state index in [-0.39, 0.29) is 0 Å². The molecule has 0 saturated heterocycles. The molecule has 1 aromatic heterocycles. The van der Waals surface area contributed by atoms with Gasteiger partial charge in [0.1, 0.15) is 0 Å². The monoisotopic (exact) mass is 260 g/mol. The number of fused-ring (bicyclic) bond motifs is 2. The maximum atomic E-state index is 6.35. The van der Waals surface area contributed by atoms with Crippen LogP contribution in [0.3, 0.4) is 0 Å². The van der Waals surface area contributed by atoms with Gasteiger partial charge in [0.25, 0.3) is 0 Å². The number of pyridine rings is 1. The van der Waals surface area contributed by atoms with Gasteiger partial charge in [-0.3, -0.25) is 4.98 Å². The Labute approximate surface area is 112 Å². The second-order valence-corrected chi connectivity index (χ2v) is 5.57. The third-order valence-electron chi connectivity index (χ3n) is 3.82. The summed E-state index contributed by atoms with van der Waals surface area (Å²) in [5, 5.41) is 1.75. The Kier molecular flexibility index (Phi) is 2.90. The van der Waals surface area contributed by atoms with Crippen molar-refractivity contribution < 1.29 is 0 Å². The molecule has 1 aliphatic carbocycles. The number of aryl methyl sites for hydroxylation is 2. The van der Waals surface area contributed by atoms with Gasteiger partial charge in [0.2, 0.25) is 0 Å². The van der Waals surface area contributed by atoms with E-state index in [9.17, 15) is 0 Å². The number of benzene rings is 1. The normalized spacial score (nSPS) is 15.4. The quantitative estimate of drug-likeness (QED) is 0.726. The fourth-order valence-corrected chi connectivity index (χ4v) is 3.14. The number of hydrogen-bond donors (Lipinski definition) is 1. The molecule has 0 aliphatic heterocycles. The van der Waals surface area contributed by atoms with Crippen LogP contribution in [-0.4, -0.2) is 4.98 Å². The van der Waals surface area contributed by atoms with E-state index in [1.165, 1.54) is 30.5 Å². The number of rotatable bonds is 0. The Morgan fingerprint density at radius 3 is 2.78 bits per heavy atom. The Balaban J connectivity index is 2.34. The summed E-state index contributed by atoms with van der Waals surface area (Å²) < 4.78 is 0. The minimum Gasteiger partial charge on any atom is -0.398 e. The highest BCUT2D eigenvalue weighted by Crippen LogP contribution is 2.33. The van der Waals surface area contributed by atoms with Crippen LogP contribution in [0, 0.1) is 6.92 Å². The number of nitrogens with zero attached hydrogens (tertiary/aromatic N) is 1. The highest BCUT2D eigenvalue weighted by atomic mass is 35.5. The molecular formula is C15H17ClN2. The van der Waals surface area contributed by atoms with Crippen molar-refractivity contribution in [2.45, 2.75) is 39.0 Å². The van der Waals surface area contributed by atoms with Gasteiger partial charge in [-0.05, 0) is 55.9 Å². The summed E-state index contributed by atoms with van der Waals surface area (Å²) in [6.45, 7) is 2.05. The Morgan fingerprint density at radius 2 is 1.94 bits per heavy atom. The minimum absolute atomic E-state index is 0.738. The summed E-state index contributed by atoms with van der Waals surface area (Å²) in [4.78, 5) is 4.84. The molecule has 3 rings (SSSR count). The molecule has 1 aromatic carbocycles. The molecule has 0 radical (unpaired) electrons. The molecule has 0 fully saturated rings. The lowest BCUT2D eigenvalue weighted by atomic mass is 10.0. The molecule has 0 atom stereocenters. The van der Waals surface area contributed by atoms with Gasteiger partial charge in [-0.2, -0.15) is 0 Å². The maximum Gasteiger partial charge on any atom is 0.0756 e. The molecular weight excluding hydrogens is 244 g/mol. The number of halogens is 1. The van der Waals surface area contributed by atoms with Crippen molar-refractivity contribution in [3.8, 4) is 0 Å². The van der Waals surface area contributed by atoms with Crippen molar-refractivity contribution in [1.29, 1.82) is 0 Å². The molecule has 0 unspecified atom stereocenters. The summed E-state index contributed by atoms with van der Waals surface area (Å²) >= 11 is 6.13. The van der Waals surface area contributed by atoms with Crippen LogP contribution in [0.15, 0.2) is 12.1 Å². The molecule has 2 nitrogen and oxygen atoms in total. The minimum atomic E-state index is 0.738. The van der Waals surface area contributed by atoms with E-state index in [1.54, 1.807) is 0 Å². The molecule has 3 heteroatoms. The van der Waals surface area contributed by atoms with E-state index in [4.69, 9.17) is 22.3 Å². The smallest absolute Gasteiger partial charge is 0.0756 e. The predicted molar refractivity (Wildman–Crippen MR) is 77.2 cm³/mol. The lowest BCUT2D eigenvalue weighted by Crippen LogP contribution is -2.03. The summed E-state index contributed by atoms with van der Waals surface area (Å²) in [5.74, 6) is 0. The summed E-state index contributed by atoms with van der Waals surface area (Å²) in [7, 11) is 0. The van der Waals surface area contributed by atoms with Gasteiger partial charge in [-0.15, -0.1) is 0 Å². The van der Waals surface area contributed by atoms with E-state index in [2.05, 4.69) is 0 Å². The highest BCUT2D eigenvalue weighted by Gasteiger charge is 2.16. The number of aromatic nitrogens is 1. The first kappa shape index (κ1) is 11.8. The molecule has 2 aromatic rings. The van der Waals surface area contributed by atoms with E-state index in [1.807, 2.05) is 19.1 Å². The van der Waals surface area contributed by atoms with Crippen molar-refractivity contribution in [2.75, 3.05) is 5.73 Å². The zero-order chi connectivity index (χ0) is 12.7. The topological polar surface area (TPSA) is 38.9 Å². The molecule has 18 heavy (non-hydrogen) atoms. The molecule has 0 saturated carbocycles. The van der Waals surface area contributed by atoms with E-state index in [0.717, 1.165) is 40.0 Å². The van der Waals surface area contributed by atoms with Crippen LogP contribution >= 0.6 is 11.6 Å². The largest absolute Gasteiger partial charge is 0.398 e. The molecule has 0 amide bonds. The van der Waals surface area contributed by atoms with Crippen LogP contribution in [0.5, 0.6) is 0 Å². The predicted octanol–water partition coefficient (Wildman–Crippen LogP) is 4.05. The third-order valence-corrected chi connectivity index (χ3v) is 4.03. The average Bonchev–Trinajstić information content (AvgIpc) is 2.56. The SMILES string of the molecule is Cc1cc(Cl)cc2c(N)c3c(nc12)CCCCC3. The molecule has 1 aliphatic rings. The van der Waals surface area contributed by atoms with Gasteiger partial charge in [0, 0.05) is 21.8 Å². The van der Waals surface area contributed by atoms with Gasteiger partial charge in [-0.25, -0.2) is 0 Å². The van der Waals surface area contributed by atoms with Gasteiger partial charge < -0.3 is 5.73 Å². The Hall–Kier alpha value is -1.28. The fraction of sp³-hybridized carbons (Fsp3) is 0.400. The first-order valence-electron chi connectivity index (χ1n) is 6.54. The Morgan fingerprint density at radius 1 is 1.17 bits per heavy atom. The zero-order valence-corrected chi connectivity index (χ0v) is 11.3. The molecule has 0 spiro atoms. The lowest BCUT2D eigenvalue weighted by Gasteiger charge is -2.13. The molecule has 1 heterocycles. The van der Waals surface area contributed by atoms with E-state index in [0.29, 0.717) is 0 Å². The van der Waals surface area contributed by atoms with Crippen LogP contribution in [0.25, 0.3) is 10.9 Å². The third kappa shape index (κ3) is 1.85. The first-order chi connectivity index (χ1) is 8.66. The Bertz CT molecular complexity index is 620. The van der Waals surface area contributed by atoms with E-state index >= 15 is 0 Å².